The van der Waals surface area contributed by atoms with E-state index in [1.807, 2.05) is 0 Å². The van der Waals surface area contributed by atoms with E-state index in [0.717, 1.165) is 13.1 Å². The third kappa shape index (κ3) is 3.27. The number of nitrogens with zero attached hydrogens (tertiary/aromatic N) is 3. The topological polar surface area (TPSA) is 97.8 Å². The highest BCUT2D eigenvalue weighted by Crippen LogP contribution is 1.99. The molecule has 1 saturated heterocycles. The van der Waals surface area contributed by atoms with Crippen molar-refractivity contribution in [2.24, 2.45) is 11.1 Å². The van der Waals surface area contributed by atoms with E-state index in [9.17, 15) is 4.79 Å². The van der Waals surface area contributed by atoms with E-state index in [-0.39, 0.29) is 5.91 Å². The maximum atomic E-state index is 11.5. The summed E-state index contributed by atoms with van der Waals surface area (Å²) >= 11 is 0. The van der Waals surface area contributed by atoms with E-state index in [0.29, 0.717) is 26.1 Å². The Kier molecular flexibility index (Phi) is 4.27. The van der Waals surface area contributed by atoms with E-state index in [2.05, 4.69) is 10.6 Å². The molecule has 80 valence electrons. The zero-order valence-corrected chi connectivity index (χ0v) is 8.07. The van der Waals surface area contributed by atoms with Crippen molar-refractivity contribution in [2.45, 2.75) is 6.42 Å². The molecule has 0 spiro atoms. The normalized spacial score (nSPS) is 17.9. The third-order valence-corrected chi connectivity index (χ3v) is 2.20. The minimum Gasteiger partial charge on any atom is -0.340 e. The molecule has 1 amide bonds. The summed E-state index contributed by atoms with van der Waals surface area (Å²) in [6.45, 7) is 3.25. The van der Waals surface area contributed by atoms with Gasteiger partial charge in [-0.05, 0) is 0 Å². The lowest BCUT2D eigenvalue weighted by molar-refractivity contribution is -0.132. The molecule has 1 aliphatic heterocycles. The van der Waals surface area contributed by atoms with Crippen LogP contribution in [0.4, 0.5) is 0 Å². The quantitative estimate of drug-likeness (QED) is 0.233. The van der Waals surface area contributed by atoms with Gasteiger partial charge >= 0.3 is 0 Å². The molecule has 0 aromatic carbocycles. The van der Waals surface area contributed by atoms with Crippen LogP contribution in [-0.2, 0) is 4.79 Å². The summed E-state index contributed by atoms with van der Waals surface area (Å²) in [5, 5.41) is 4.68. The molecule has 7 heteroatoms. The number of nitrogens with two attached hydrogens (primary N) is 1. The predicted molar refractivity (Wildman–Crippen MR) is 50.1 cm³/mol. The molecule has 0 atom stereocenters. The van der Waals surface area contributed by atoms with Gasteiger partial charge in [-0.3, -0.25) is 16.1 Å². The second-order valence-electron chi connectivity index (χ2n) is 3.19. The fourth-order valence-electron chi connectivity index (χ4n) is 1.35. The highest BCUT2D eigenvalue weighted by molar-refractivity contribution is 5.76. The van der Waals surface area contributed by atoms with Gasteiger partial charge in [0.25, 0.3) is 0 Å². The summed E-state index contributed by atoms with van der Waals surface area (Å²) in [7, 11) is 0. The van der Waals surface area contributed by atoms with Gasteiger partial charge in [0.15, 0.2) is 0 Å². The van der Waals surface area contributed by atoms with Crippen LogP contribution in [0.2, 0.25) is 0 Å². The molecule has 4 N–H and O–H groups in total. The van der Waals surface area contributed by atoms with Crippen LogP contribution in [0.3, 0.4) is 0 Å². The Balaban J connectivity index is 2.20. The molecule has 0 unspecified atom stereocenters. The summed E-state index contributed by atoms with van der Waals surface area (Å²) in [4.78, 5) is 13.3. The minimum absolute atomic E-state index is 0.0919. The van der Waals surface area contributed by atoms with Crippen molar-refractivity contribution in [1.82, 2.24) is 15.3 Å². The first-order chi connectivity index (χ1) is 6.74. The van der Waals surface area contributed by atoms with Gasteiger partial charge in [-0.25, -0.2) is 5.01 Å². The average molecular weight is 200 g/mol. The van der Waals surface area contributed by atoms with Crippen molar-refractivity contribution < 1.29 is 4.79 Å². The number of hydrogen-bond donors (Lipinski definition) is 3. The Labute approximate surface area is 82.7 Å². The van der Waals surface area contributed by atoms with Crippen LogP contribution in [0.25, 0.3) is 0 Å². The van der Waals surface area contributed by atoms with Crippen LogP contribution in [0.5, 0.6) is 0 Å². The van der Waals surface area contributed by atoms with Gasteiger partial charge in [-0.1, -0.05) is 5.22 Å². The number of hydrazine groups is 1. The van der Waals surface area contributed by atoms with Crippen molar-refractivity contribution in [3.63, 3.8) is 0 Å². The molecule has 0 aliphatic carbocycles. The molecule has 7 nitrogen and oxygen atoms in total. The number of carbonyl (C=O) groups is 1. The van der Waals surface area contributed by atoms with Crippen LogP contribution >= 0.6 is 0 Å². The van der Waals surface area contributed by atoms with Gasteiger partial charge in [-0.15, -0.1) is 0 Å². The van der Waals surface area contributed by atoms with Gasteiger partial charge in [0, 0.05) is 39.1 Å². The highest BCUT2D eigenvalue weighted by atomic mass is 16.2. The monoisotopic (exact) mass is 200 g/mol. The number of rotatable bonds is 4. The van der Waals surface area contributed by atoms with Gasteiger partial charge in [0.1, 0.15) is 0 Å². The number of piperazine rings is 1. The van der Waals surface area contributed by atoms with Crippen molar-refractivity contribution >= 4 is 5.91 Å². The van der Waals surface area contributed by atoms with Crippen LogP contribution in [0.1, 0.15) is 6.42 Å². The fourth-order valence-corrected chi connectivity index (χ4v) is 1.35. The van der Waals surface area contributed by atoms with E-state index in [1.54, 1.807) is 9.91 Å². The molecular formula is C7H16N6O. The molecular weight excluding hydrogens is 184 g/mol. The lowest BCUT2D eigenvalue weighted by Gasteiger charge is -2.32. The lowest BCUT2D eigenvalue weighted by atomic mass is 10.3. The second-order valence-corrected chi connectivity index (χ2v) is 3.19. The average Bonchev–Trinajstić information content (AvgIpc) is 2.19. The van der Waals surface area contributed by atoms with Gasteiger partial charge < -0.3 is 4.90 Å². The minimum atomic E-state index is 0.0919. The second kappa shape index (κ2) is 5.51. The molecule has 0 radical (unpaired) electrons. The van der Waals surface area contributed by atoms with E-state index < -0.39 is 0 Å². The maximum absolute atomic E-state index is 11.5. The largest absolute Gasteiger partial charge is 0.340 e. The van der Waals surface area contributed by atoms with Crippen LogP contribution in [0, 0.1) is 5.53 Å². The summed E-state index contributed by atoms with van der Waals surface area (Å²) in [6, 6.07) is 0. The molecule has 1 heterocycles. The summed E-state index contributed by atoms with van der Waals surface area (Å²) in [6.07, 6.45) is 0.382. The van der Waals surface area contributed by atoms with Crippen molar-refractivity contribution in [3.8, 4) is 0 Å². The molecule has 1 rings (SSSR count). The standard InChI is InChI=1S/C7H16N6O/c8-11-10-2-1-7(14)12-3-5-13(9)6-4-12/h1-6,9H2,(H2,8,10). The Hall–Kier alpha value is -1.21. The Morgan fingerprint density at radius 2 is 2.07 bits per heavy atom. The number of carbonyl (C=O) groups excluding carboxylic acids is 1. The number of hydrogen-bond acceptors (Lipinski definition) is 5. The number of amides is 1. The van der Waals surface area contributed by atoms with E-state index in [1.165, 1.54) is 0 Å². The first-order valence-corrected chi connectivity index (χ1v) is 4.61. The molecule has 1 aliphatic rings. The predicted octanol–water partition coefficient (Wildman–Crippen LogP) is -1.07. The zero-order valence-electron chi connectivity index (χ0n) is 8.07. The first-order valence-electron chi connectivity index (χ1n) is 4.61. The lowest BCUT2D eigenvalue weighted by Crippen LogP contribution is -2.51. The molecule has 0 aromatic rings. The molecule has 0 bridgehead atoms. The van der Waals surface area contributed by atoms with Crippen molar-refractivity contribution in [3.05, 3.63) is 0 Å². The maximum Gasteiger partial charge on any atom is 0.224 e. The van der Waals surface area contributed by atoms with Gasteiger partial charge in [0.05, 0.1) is 0 Å². The Bertz CT molecular complexity index is 200. The summed E-state index contributed by atoms with van der Waals surface area (Å²) in [5.74, 6) is 5.65. The zero-order chi connectivity index (χ0) is 10.4. The Morgan fingerprint density at radius 3 is 2.64 bits per heavy atom. The summed E-state index contributed by atoms with van der Waals surface area (Å²) in [5.41, 5.74) is 8.92. The van der Waals surface area contributed by atoms with Crippen LogP contribution in [-0.4, -0.2) is 48.5 Å². The Morgan fingerprint density at radius 1 is 1.43 bits per heavy atom. The van der Waals surface area contributed by atoms with Crippen LogP contribution in [0.15, 0.2) is 5.22 Å². The van der Waals surface area contributed by atoms with Crippen molar-refractivity contribution in [2.75, 3.05) is 32.7 Å². The smallest absolute Gasteiger partial charge is 0.224 e. The molecule has 14 heavy (non-hydrogen) atoms. The van der Waals surface area contributed by atoms with Gasteiger partial charge in [-0.2, -0.15) is 5.53 Å². The van der Waals surface area contributed by atoms with Gasteiger partial charge in [0.2, 0.25) is 5.91 Å². The molecule has 0 saturated carbocycles. The van der Waals surface area contributed by atoms with E-state index in [4.69, 9.17) is 11.4 Å². The first kappa shape index (κ1) is 10.9. The van der Waals surface area contributed by atoms with Crippen LogP contribution < -0.4 is 11.3 Å². The molecule has 0 aromatic heterocycles. The molecule has 1 fully saturated rings. The summed E-state index contributed by atoms with van der Waals surface area (Å²) < 4.78 is 0. The third-order valence-electron chi connectivity index (χ3n) is 2.20. The fraction of sp³-hybridized carbons (Fsp3) is 0.857. The highest BCUT2D eigenvalue weighted by Gasteiger charge is 2.18. The SMILES string of the molecule is N=NNCCC(=O)N1CCN(N)CC1. The number of nitrogens with one attached hydrogen (secondary N) is 2. The van der Waals surface area contributed by atoms with Crippen molar-refractivity contribution in [1.29, 1.82) is 5.53 Å². The van der Waals surface area contributed by atoms with E-state index >= 15 is 0 Å².